The minimum Gasteiger partial charge on any atom is -0.367 e. The highest BCUT2D eigenvalue weighted by Crippen LogP contribution is 2.37. The van der Waals surface area contributed by atoms with Gasteiger partial charge in [0, 0.05) is 13.0 Å². The number of hydrogen-bond acceptors (Lipinski definition) is 3. The molecule has 4 atom stereocenters. The van der Waals surface area contributed by atoms with Gasteiger partial charge in [0.15, 0.2) is 6.29 Å². The Morgan fingerprint density at radius 3 is 2.92 bits per heavy atom. The Kier molecular flexibility index (Phi) is 2.86. The molecule has 13 heavy (non-hydrogen) atoms. The van der Waals surface area contributed by atoms with Gasteiger partial charge in [-0.15, -0.1) is 0 Å². The third-order valence-corrected chi connectivity index (χ3v) is 2.68. The Labute approximate surface area is 79.4 Å². The minimum atomic E-state index is -0.0229. The van der Waals surface area contributed by atoms with E-state index in [0.29, 0.717) is 12.2 Å². The highest BCUT2D eigenvalue weighted by molar-refractivity contribution is 4.93. The maximum Gasteiger partial charge on any atom is 0.160 e. The summed E-state index contributed by atoms with van der Waals surface area (Å²) in [5.41, 5.74) is 0. The molecule has 3 nitrogen and oxygen atoms in total. The molecule has 0 bridgehead atoms. The third-order valence-electron chi connectivity index (χ3n) is 2.68. The van der Waals surface area contributed by atoms with Crippen molar-refractivity contribution in [3.63, 3.8) is 0 Å². The van der Waals surface area contributed by atoms with Crippen LogP contribution in [0.4, 0.5) is 0 Å². The van der Waals surface area contributed by atoms with Gasteiger partial charge < -0.3 is 14.2 Å². The van der Waals surface area contributed by atoms with Crippen molar-refractivity contribution in [2.75, 3.05) is 6.61 Å². The van der Waals surface area contributed by atoms with Crippen molar-refractivity contribution in [1.29, 1.82) is 0 Å². The van der Waals surface area contributed by atoms with Crippen molar-refractivity contribution in [2.45, 2.75) is 57.7 Å². The van der Waals surface area contributed by atoms with E-state index in [9.17, 15) is 0 Å². The van der Waals surface area contributed by atoms with Crippen molar-refractivity contribution in [3.05, 3.63) is 0 Å². The molecule has 76 valence electrons. The zero-order chi connectivity index (χ0) is 9.26. The van der Waals surface area contributed by atoms with Crippen LogP contribution in [0.3, 0.4) is 0 Å². The lowest BCUT2D eigenvalue weighted by Crippen LogP contribution is -2.33. The van der Waals surface area contributed by atoms with E-state index in [1.807, 2.05) is 0 Å². The number of fused-ring (bicyclic) bond motifs is 1. The second-order valence-electron chi connectivity index (χ2n) is 3.87. The van der Waals surface area contributed by atoms with Crippen LogP contribution in [0.5, 0.6) is 0 Å². The third kappa shape index (κ3) is 2.22. The quantitative estimate of drug-likeness (QED) is 0.494. The lowest BCUT2D eigenvalue weighted by atomic mass is 10.1. The van der Waals surface area contributed by atoms with Crippen LogP contribution < -0.4 is 0 Å². The zero-order valence-corrected chi connectivity index (χ0v) is 8.36. The van der Waals surface area contributed by atoms with Crippen LogP contribution in [0.15, 0.2) is 0 Å². The summed E-state index contributed by atoms with van der Waals surface area (Å²) >= 11 is 0. The van der Waals surface area contributed by atoms with Gasteiger partial charge in [-0.1, -0.05) is 13.3 Å². The summed E-state index contributed by atoms with van der Waals surface area (Å²) in [4.78, 5) is 0. The number of rotatable bonds is 4. The van der Waals surface area contributed by atoms with Crippen molar-refractivity contribution in [3.8, 4) is 0 Å². The van der Waals surface area contributed by atoms with Crippen LogP contribution in [0.2, 0.25) is 0 Å². The molecule has 0 spiro atoms. The number of ether oxygens (including phenoxy) is 3. The van der Waals surface area contributed by atoms with Crippen LogP contribution >= 0.6 is 0 Å². The molecule has 0 amide bonds. The molecular formula is C10H18O3. The molecule has 0 N–H and O–H groups in total. The molecule has 2 rings (SSSR count). The summed E-state index contributed by atoms with van der Waals surface area (Å²) in [5, 5.41) is 0. The maximum absolute atomic E-state index is 5.64. The lowest BCUT2D eigenvalue weighted by molar-refractivity contribution is -0.181. The number of hydrogen-bond donors (Lipinski definition) is 0. The monoisotopic (exact) mass is 186 g/mol. The van der Waals surface area contributed by atoms with Crippen molar-refractivity contribution in [2.24, 2.45) is 0 Å². The summed E-state index contributed by atoms with van der Waals surface area (Å²) in [7, 11) is 0. The summed E-state index contributed by atoms with van der Waals surface area (Å²) < 4.78 is 16.6. The van der Waals surface area contributed by atoms with E-state index >= 15 is 0 Å². The Hall–Kier alpha value is -0.120. The molecule has 0 aromatic carbocycles. The predicted molar refractivity (Wildman–Crippen MR) is 48.5 cm³/mol. The number of unbranched alkanes of at least 4 members (excludes halogenated alkanes) is 1. The fourth-order valence-corrected chi connectivity index (χ4v) is 1.79. The lowest BCUT2D eigenvalue weighted by Gasteiger charge is -2.24. The Bertz CT molecular complexity index is 172. The van der Waals surface area contributed by atoms with Crippen molar-refractivity contribution < 1.29 is 14.2 Å². The highest BCUT2D eigenvalue weighted by atomic mass is 16.7. The van der Waals surface area contributed by atoms with E-state index in [-0.39, 0.29) is 12.4 Å². The van der Waals surface area contributed by atoms with Crippen LogP contribution in [-0.4, -0.2) is 31.2 Å². The van der Waals surface area contributed by atoms with E-state index < -0.39 is 0 Å². The molecule has 2 aliphatic rings. The first-order chi connectivity index (χ1) is 6.31. The molecule has 0 saturated carbocycles. The standard InChI is InChI=1S/C10H18O3/c1-3-4-5-11-9-6-8-10(13-8)7(2)12-9/h7-10H,3-6H2,1-2H3/t7-,8-,9-,10+/m0/s1. The molecule has 0 aliphatic carbocycles. The molecule has 0 aromatic rings. The van der Waals surface area contributed by atoms with Gasteiger partial charge >= 0.3 is 0 Å². The fourth-order valence-electron chi connectivity index (χ4n) is 1.79. The molecule has 0 unspecified atom stereocenters. The summed E-state index contributed by atoms with van der Waals surface area (Å²) in [6.07, 6.45) is 4.16. The van der Waals surface area contributed by atoms with Gasteiger partial charge in [0.1, 0.15) is 6.10 Å². The molecule has 2 heterocycles. The molecule has 0 aromatic heterocycles. The predicted octanol–water partition coefficient (Wildman–Crippen LogP) is 1.71. The first-order valence-corrected chi connectivity index (χ1v) is 5.23. The molecule has 2 aliphatic heterocycles. The van der Waals surface area contributed by atoms with Crippen molar-refractivity contribution in [1.82, 2.24) is 0 Å². The largest absolute Gasteiger partial charge is 0.367 e. The Morgan fingerprint density at radius 2 is 2.23 bits per heavy atom. The first-order valence-electron chi connectivity index (χ1n) is 5.23. The van der Waals surface area contributed by atoms with E-state index in [1.165, 1.54) is 6.42 Å². The van der Waals surface area contributed by atoms with Gasteiger partial charge in [0.25, 0.3) is 0 Å². The van der Waals surface area contributed by atoms with Gasteiger partial charge in [-0.25, -0.2) is 0 Å². The Morgan fingerprint density at radius 1 is 1.38 bits per heavy atom. The molecule has 2 saturated heterocycles. The van der Waals surface area contributed by atoms with Gasteiger partial charge in [0.05, 0.1) is 12.2 Å². The van der Waals surface area contributed by atoms with Gasteiger partial charge in [-0.2, -0.15) is 0 Å². The summed E-state index contributed by atoms with van der Waals surface area (Å²) in [6, 6.07) is 0. The normalized spacial score (nSPS) is 42.9. The van der Waals surface area contributed by atoms with E-state index in [4.69, 9.17) is 14.2 Å². The van der Waals surface area contributed by atoms with Gasteiger partial charge in [-0.05, 0) is 13.3 Å². The first kappa shape index (κ1) is 9.44. The van der Waals surface area contributed by atoms with Crippen molar-refractivity contribution >= 4 is 0 Å². The molecule has 3 heteroatoms. The average molecular weight is 186 g/mol. The second-order valence-corrected chi connectivity index (χ2v) is 3.87. The minimum absolute atomic E-state index is 0.0229. The molecule has 0 radical (unpaired) electrons. The van der Waals surface area contributed by atoms with E-state index in [2.05, 4.69) is 13.8 Å². The SMILES string of the molecule is CCCCO[C@@H]1C[C@@H]2O[C@@H]2[C@H](C)O1. The highest BCUT2D eigenvalue weighted by Gasteiger charge is 2.49. The maximum atomic E-state index is 5.64. The molecule has 2 fully saturated rings. The number of epoxide rings is 1. The summed E-state index contributed by atoms with van der Waals surface area (Å²) in [6.45, 7) is 5.03. The summed E-state index contributed by atoms with van der Waals surface area (Å²) in [5.74, 6) is 0. The van der Waals surface area contributed by atoms with Crippen LogP contribution in [0, 0.1) is 0 Å². The second kappa shape index (κ2) is 3.95. The van der Waals surface area contributed by atoms with E-state index in [0.717, 1.165) is 19.4 Å². The van der Waals surface area contributed by atoms with Gasteiger partial charge in [0.2, 0.25) is 0 Å². The fraction of sp³-hybridized carbons (Fsp3) is 1.00. The molecular weight excluding hydrogens is 168 g/mol. The Balaban J connectivity index is 1.68. The van der Waals surface area contributed by atoms with Crippen LogP contribution in [-0.2, 0) is 14.2 Å². The smallest absolute Gasteiger partial charge is 0.160 e. The van der Waals surface area contributed by atoms with Crippen LogP contribution in [0.25, 0.3) is 0 Å². The van der Waals surface area contributed by atoms with Gasteiger partial charge in [-0.3, -0.25) is 0 Å². The van der Waals surface area contributed by atoms with E-state index in [1.54, 1.807) is 0 Å². The zero-order valence-electron chi connectivity index (χ0n) is 8.36. The topological polar surface area (TPSA) is 31.0 Å². The average Bonchev–Trinajstić information content (AvgIpc) is 2.84. The van der Waals surface area contributed by atoms with Crippen LogP contribution in [0.1, 0.15) is 33.1 Å².